The Kier molecular flexibility index (Phi) is 2.81. The molecule has 7 nitrogen and oxygen atoms in total. The van der Waals surface area contributed by atoms with Crippen LogP contribution in [0.2, 0.25) is 0 Å². The molecule has 2 aromatic rings. The van der Waals surface area contributed by atoms with E-state index < -0.39 is 0 Å². The van der Waals surface area contributed by atoms with Crippen molar-refractivity contribution in [2.24, 2.45) is 5.84 Å². The number of nitrogens with one attached hydrogen (secondary N) is 1. The van der Waals surface area contributed by atoms with Gasteiger partial charge in [0.05, 0.1) is 18.2 Å². The Hall–Kier alpha value is -2.54. The predicted octanol–water partition coefficient (Wildman–Crippen LogP) is 0.269. The molecule has 1 amide bonds. The van der Waals surface area contributed by atoms with Crippen LogP contribution in [0.4, 0.5) is 0 Å². The second-order valence-corrected chi connectivity index (χ2v) is 4.04. The third-order valence-electron chi connectivity index (χ3n) is 2.86. The van der Waals surface area contributed by atoms with Crippen molar-refractivity contribution < 1.29 is 14.3 Å². The molecule has 1 aromatic carbocycles. The number of hydrogen-bond acceptors (Lipinski definition) is 5. The molecule has 0 spiro atoms. The number of imidazole rings is 1. The highest BCUT2D eigenvalue weighted by atomic mass is 16.7. The van der Waals surface area contributed by atoms with Gasteiger partial charge in [-0.3, -0.25) is 10.2 Å². The van der Waals surface area contributed by atoms with Crippen molar-refractivity contribution in [3.8, 4) is 22.8 Å². The van der Waals surface area contributed by atoms with E-state index in [2.05, 4.69) is 10.4 Å². The summed E-state index contributed by atoms with van der Waals surface area (Å²) in [6.07, 6.45) is 3.26. The van der Waals surface area contributed by atoms with Crippen LogP contribution in [0.15, 0.2) is 30.7 Å². The highest BCUT2D eigenvalue weighted by Crippen LogP contribution is 2.35. The molecule has 1 aliphatic heterocycles. The van der Waals surface area contributed by atoms with E-state index in [0.717, 1.165) is 17.0 Å². The third-order valence-corrected chi connectivity index (χ3v) is 2.86. The molecule has 98 valence electrons. The number of aromatic nitrogens is 2. The summed E-state index contributed by atoms with van der Waals surface area (Å²) >= 11 is 0. The van der Waals surface area contributed by atoms with Gasteiger partial charge in [-0.15, -0.1) is 0 Å². The summed E-state index contributed by atoms with van der Waals surface area (Å²) in [5.41, 5.74) is 3.79. The molecule has 0 unspecified atom stereocenters. The van der Waals surface area contributed by atoms with Crippen LogP contribution < -0.4 is 20.7 Å². The molecular formula is C12H12N4O3. The number of rotatable bonds is 3. The van der Waals surface area contributed by atoms with Crippen molar-refractivity contribution in [3.05, 3.63) is 30.7 Å². The smallest absolute Gasteiger partial charge is 0.253 e. The zero-order valence-electron chi connectivity index (χ0n) is 10.00. The van der Waals surface area contributed by atoms with Crippen molar-refractivity contribution in [2.75, 3.05) is 6.79 Å². The number of carbonyl (C=O) groups excluding carboxylic acids is 1. The molecule has 0 atom stereocenters. The predicted molar refractivity (Wildman–Crippen MR) is 66.1 cm³/mol. The number of amides is 1. The van der Waals surface area contributed by atoms with E-state index in [1.807, 2.05) is 18.2 Å². The lowest BCUT2D eigenvalue weighted by Gasteiger charge is -2.07. The van der Waals surface area contributed by atoms with Crippen molar-refractivity contribution in [3.63, 3.8) is 0 Å². The quantitative estimate of drug-likeness (QED) is 0.469. The number of ether oxygens (including phenoxy) is 2. The van der Waals surface area contributed by atoms with Gasteiger partial charge in [-0.25, -0.2) is 10.8 Å². The van der Waals surface area contributed by atoms with Crippen molar-refractivity contribution >= 4 is 5.91 Å². The number of carbonyl (C=O) groups is 1. The first kappa shape index (κ1) is 11.5. The van der Waals surface area contributed by atoms with Crippen LogP contribution in [0.25, 0.3) is 11.3 Å². The van der Waals surface area contributed by atoms with Crippen molar-refractivity contribution in [1.29, 1.82) is 0 Å². The van der Waals surface area contributed by atoms with Crippen molar-refractivity contribution in [2.45, 2.75) is 6.54 Å². The number of nitrogens with two attached hydrogens (primary N) is 1. The Labute approximate surface area is 108 Å². The van der Waals surface area contributed by atoms with Crippen LogP contribution in [0.1, 0.15) is 0 Å². The molecule has 1 aromatic heterocycles. The number of hydrazine groups is 1. The van der Waals surface area contributed by atoms with Gasteiger partial charge in [0.15, 0.2) is 11.5 Å². The first-order chi connectivity index (χ1) is 9.28. The van der Waals surface area contributed by atoms with Crippen LogP contribution >= 0.6 is 0 Å². The third kappa shape index (κ3) is 2.11. The monoisotopic (exact) mass is 260 g/mol. The largest absolute Gasteiger partial charge is 0.454 e. The number of fused-ring (bicyclic) bond motifs is 1. The molecule has 0 saturated heterocycles. The molecule has 0 saturated carbocycles. The Bertz CT molecular complexity index is 623. The van der Waals surface area contributed by atoms with Gasteiger partial charge in [-0.05, 0) is 18.2 Å². The van der Waals surface area contributed by atoms with Gasteiger partial charge in [-0.1, -0.05) is 0 Å². The summed E-state index contributed by atoms with van der Waals surface area (Å²) in [5.74, 6) is 6.20. The molecule has 2 heterocycles. The lowest BCUT2D eigenvalue weighted by Crippen LogP contribution is -2.33. The van der Waals surface area contributed by atoms with E-state index in [9.17, 15) is 4.79 Å². The maximum atomic E-state index is 11.3. The van der Waals surface area contributed by atoms with Gasteiger partial charge >= 0.3 is 0 Å². The summed E-state index contributed by atoms with van der Waals surface area (Å²) in [6, 6.07) is 5.58. The normalized spacial score (nSPS) is 12.5. The highest BCUT2D eigenvalue weighted by Gasteiger charge is 2.15. The molecule has 1 aliphatic rings. The minimum absolute atomic E-state index is 0.111. The van der Waals surface area contributed by atoms with Crippen LogP contribution in [0.5, 0.6) is 11.5 Å². The fourth-order valence-electron chi connectivity index (χ4n) is 1.94. The Morgan fingerprint density at radius 2 is 2.26 bits per heavy atom. The fourth-order valence-corrected chi connectivity index (χ4v) is 1.94. The first-order valence-electron chi connectivity index (χ1n) is 5.67. The number of nitrogens with zero attached hydrogens (tertiary/aromatic N) is 2. The highest BCUT2D eigenvalue weighted by molar-refractivity contribution is 5.76. The second kappa shape index (κ2) is 4.62. The molecule has 19 heavy (non-hydrogen) atoms. The maximum Gasteiger partial charge on any atom is 0.253 e. The first-order valence-corrected chi connectivity index (χ1v) is 5.67. The van der Waals surface area contributed by atoms with E-state index in [0.29, 0.717) is 5.75 Å². The molecule has 0 bridgehead atoms. The molecule has 0 radical (unpaired) electrons. The average Bonchev–Trinajstić information content (AvgIpc) is 3.05. The molecule has 7 heteroatoms. The maximum absolute atomic E-state index is 11.3. The molecule has 0 fully saturated rings. The molecule has 3 rings (SSSR count). The van der Waals surface area contributed by atoms with Gasteiger partial charge in [-0.2, -0.15) is 0 Å². The second-order valence-electron chi connectivity index (χ2n) is 4.04. The lowest BCUT2D eigenvalue weighted by atomic mass is 10.1. The van der Waals surface area contributed by atoms with E-state index in [1.54, 1.807) is 17.1 Å². The molecular weight excluding hydrogens is 248 g/mol. The molecule has 3 N–H and O–H groups in total. The van der Waals surface area contributed by atoms with Gasteiger partial charge in [0.2, 0.25) is 6.79 Å². The standard InChI is InChI=1S/C12H12N4O3/c13-15-12(17)5-16-6-14-4-9(16)8-1-2-10-11(3-8)19-7-18-10/h1-4,6H,5,7,13H2,(H,15,17). The van der Waals surface area contributed by atoms with Gasteiger partial charge in [0.25, 0.3) is 5.91 Å². The summed E-state index contributed by atoms with van der Waals surface area (Å²) in [4.78, 5) is 15.4. The minimum Gasteiger partial charge on any atom is -0.454 e. The van der Waals surface area contributed by atoms with Gasteiger partial charge < -0.3 is 14.0 Å². The van der Waals surface area contributed by atoms with Crippen LogP contribution in [0.3, 0.4) is 0 Å². The Balaban J connectivity index is 1.94. The number of benzene rings is 1. The Morgan fingerprint density at radius 3 is 3.11 bits per heavy atom. The van der Waals surface area contributed by atoms with Crippen LogP contribution in [0, 0.1) is 0 Å². The number of hydrogen-bond donors (Lipinski definition) is 2. The molecule has 0 aliphatic carbocycles. The Morgan fingerprint density at radius 1 is 1.42 bits per heavy atom. The van der Waals surface area contributed by atoms with E-state index >= 15 is 0 Å². The van der Waals surface area contributed by atoms with E-state index in [4.69, 9.17) is 15.3 Å². The zero-order valence-corrected chi connectivity index (χ0v) is 10.00. The summed E-state index contributed by atoms with van der Waals surface area (Å²) < 4.78 is 12.3. The topological polar surface area (TPSA) is 91.4 Å². The van der Waals surface area contributed by atoms with Crippen LogP contribution in [-0.4, -0.2) is 22.3 Å². The van der Waals surface area contributed by atoms with Crippen molar-refractivity contribution in [1.82, 2.24) is 15.0 Å². The van der Waals surface area contributed by atoms with E-state index in [1.165, 1.54) is 0 Å². The lowest BCUT2D eigenvalue weighted by molar-refractivity contribution is -0.121. The summed E-state index contributed by atoms with van der Waals surface area (Å²) in [7, 11) is 0. The summed E-state index contributed by atoms with van der Waals surface area (Å²) in [6.45, 7) is 0.341. The van der Waals surface area contributed by atoms with Gasteiger partial charge in [0, 0.05) is 5.56 Å². The fraction of sp³-hybridized carbons (Fsp3) is 0.167. The van der Waals surface area contributed by atoms with Gasteiger partial charge in [0.1, 0.15) is 6.54 Å². The average molecular weight is 260 g/mol. The SMILES string of the molecule is NNC(=O)Cn1cncc1-c1ccc2c(c1)OCO2. The minimum atomic E-state index is -0.292. The summed E-state index contributed by atoms with van der Waals surface area (Å²) in [5, 5.41) is 0. The van der Waals surface area contributed by atoms with Crippen LogP contribution in [-0.2, 0) is 11.3 Å². The zero-order chi connectivity index (χ0) is 13.2. The van der Waals surface area contributed by atoms with E-state index in [-0.39, 0.29) is 19.2 Å².